The van der Waals surface area contributed by atoms with Crippen LogP contribution in [0.15, 0.2) is 35.1 Å². The molecule has 0 radical (unpaired) electrons. The van der Waals surface area contributed by atoms with Crippen molar-refractivity contribution in [3.63, 3.8) is 0 Å². The Bertz CT molecular complexity index is 881. The molecule has 0 saturated heterocycles. The highest BCUT2D eigenvalue weighted by atomic mass is 32.1. The van der Waals surface area contributed by atoms with Gasteiger partial charge in [-0.05, 0) is 44.2 Å². The minimum atomic E-state index is -0.00446. The summed E-state index contributed by atoms with van der Waals surface area (Å²) >= 11 is 1.55. The van der Waals surface area contributed by atoms with Crippen molar-refractivity contribution >= 4 is 21.6 Å². The molecule has 0 spiro atoms. The summed E-state index contributed by atoms with van der Waals surface area (Å²) < 4.78 is 12.5. The molecule has 0 aliphatic rings. The molecule has 0 amide bonds. The fourth-order valence-electron chi connectivity index (χ4n) is 2.43. The van der Waals surface area contributed by atoms with Gasteiger partial charge in [0.2, 0.25) is 0 Å². The van der Waals surface area contributed by atoms with Crippen LogP contribution >= 0.6 is 11.3 Å². The molecular weight excluding hydrogens is 312 g/mol. The summed E-state index contributed by atoms with van der Waals surface area (Å²) in [5.41, 5.74) is -0.00446. The molecule has 0 bridgehead atoms. The monoisotopic (exact) mass is 330 g/mol. The summed E-state index contributed by atoms with van der Waals surface area (Å²) in [6, 6.07) is 9.27. The molecule has 120 valence electrons. The van der Waals surface area contributed by atoms with Crippen molar-refractivity contribution in [1.82, 2.24) is 9.55 Å². The molecule has 6 heteroatoms. The summed E-state index contributed by atoms with van der Waals surface area (Å²) in [6.07, 6.45) is 0. The molecular formula is C17H18N2O3S. The third kappa shape index (κ3) is 3.22. The molecule has 5 nitrogen and oxygen atoms in total. The van der Waals surface area contributed by atoms with Crippen LogP contribution in [0.1, 0.15) is 10.7 Å². The zero-order valence-electron chi connectivity index (χ0n) is 13.3. The largest absolute Gasteiger partial charge is 0.497 e. The van der Waals surface area contributed by atoms with Crippen molar-refractivity contribution in [1.29, 1.82) is 0 Å². The second-order valence-corrected chi connectivity index (χ2v) is 6.45. The lowest BCUT2D eigenvalue weighted by atomic mass is 10.3. The lowest BCUT2D eigenvalue weighted by Gasteiger charge is -2.11. The quantitative estimate of drug-likeness (QED) is 0.721. The van der Waals surface area contributed by atoms with Crippen LogP contribution < -0.4 is 15.0 Å². The second-order valence-electron chi connectivity index (χ2n) is 5.22. The van der Waals surface area contributed by atoms with Gasteiger partial charge in [0.25, 0.3) is 5.56 Å². The number of fused-ring (bicyclic) bond motifs is 1. The molecule has 3 aromatic rings. The van der Waals surface area contributed by atoms with Crippen molar-refractivity contribution in [2.24, 2.45) is 0 Å². The van der Waals surface area contributed by atoms with Crippen LogP contribution in [0.3, 0.4) is 0 Å². The van der Waals surface area contributed by atoms with Crippen molar-refractivity contribution < 1.29 is 9.47 Å². The van der Waals surface area contributed by atoms with Crippen molar-refractivity contribution in [3.05, 3.63) is 51.4 Å². The predicted molar refractivity (Wildman–Crippen MR) is 91.8 cm³/mol. The molecule has 0 aliphatic carbocycles. The maximum Gasteiger partial charge on any atom is 0.262 e. The number of nitrogens with zero attached hydrogens (tertiary/aromatic N) is 2. The van der Waals surface area contributed by atoms with Gasteiger partial charge in [-0.1, -0.05) is 0 Å². The van der Waals surface area contributed by atoms with E-state index in [-0.39, 0.29) is 5.56 Å². The molecule has 3 rings (SSSR count). The van der Waals surface area contributed by atoms with Crippen LogP contribution in [-0.2, 0) is 6.54 Å². The van der Waals surface area contributed by atoms with E-state index in [1.165, 1.54) is 0 Å². The standard InChI is InChI=1S/C17H18N2O3S/c1-11-10-15-16(23-11)18-12(2)19(17(15)20)8-9-22-14-6-4-13(21-3)5-7-14/h4-7,10H,8-9H2,1-3H3. The lowest BCUT2D eigenvalue weighted by Crippen LogP contribution is -2.26. The van der Waals surface area contributed by atoms with E-state index in [4.69, 9.17) is 9.47 Å². The van der Waals surface area contributed by atoms with E-state index in [1.54, 1.807) is 23.0 Å². The van der Waals surface area contributed by atoms with Gasteiger partial charge >= 0.3 is 0 Å². The van der Waals surface area contributed by atoms with Crippen LogP contribution in [0.25, 0.3) is 10.2 Å². The van der Waals surface area contributed by atoms with Gasteiger partial charge in [0, 0.05) is 4.88 Å². The summed E-state index contributed by atoms with van der Waals surface area (Å²) in [6.45, 7) is 4.71. The van der Waals surface area contributed by atoms with E-state index in [0.717, 1.165) is 21.2 Å². The van der Waals surface area contributed by atoms with Crippen LogP contribution in [-0.4, -0.2) is 23.3 Å². The normalized spacial score (nSPS) is 10.9. The van der Waals surface area contributed by atoms with Gasteiger partial charge in [0.1, 0.15) is 28.8 Å². The highest BCUT2D eigenvalue weighted by Gasteiger charge is 2.10. The number of hydrogen-bond acceptors (Lipinski definition) is 5. The smallest absolute Gasteiger partial charge is 0.262 e. The first-order chi connectivity index (χ1) is 11.1. The number of ether oxygens (including phenoxy) is 2. The minimum Gasteiger partial charge on any atom is -0.497 e. The summed E-state index contributed by atoms with van der Waals surface area (Å²) in [7, 11) is 1.63. The number of rotatable bonds is 5. The minimum absolute atomic E-state index is 0.00446. The number of aromatic nitrogens is 2. The number of thiophene rings is 1. The average Bonchev–Trinajstić information content (AvgIpc) is 2.91. The van der Waals surface area contributed by atoms with E-state index in [1.807, 2.05) is 44.2 Å². The molecule has 2 heterocycles. The highest BCUT2D eigenvalue weighted by molar-refractivity contribution is 7.18. The van der Waals surface area contributed by atoms with Gasteiger partial charge in [0.05, 0.1) is 19.0 Å². The van der Waals surface area contributed by atoms with Gasteiger partial charge < -0.3 is 9.47 Å². The Kier molecular flexibility index (Phi) is 4.34. The van der Waals surface area contributed by atoms with E-state index < -0.39 is 0 Å². The van der Waals surface area contributed by atoms with Crippen molar-refractivity contribution in [2.45, 2.75) is 20.4 Å². The highest BCUT2D eigenvalue weighted by Crippen LogP contribution is 2.20. The molecule has 0 aliphatic heterocycles. The van der Waals surface area contributed by atoms with E-state index in [2.05, 4.69) is 4.98 Å². The molecule has 2 aromatic heterocycles. The van der Waals surface area contributed by atoms with E-state index >= 15 is 0 Å². The molecule has 0 N–H and O–H groups in total. The fourth-order valence-corrected chi connectivity index (χ4v) is 3.34. The predicted octanol–water partition coefficient (Wildman–Crippen LogP) is 3.16. The number of benzene rings is 1. The molecule has 0 fully saturated rings. The Labute approximate surface area is 138 Å². The Morgan fingerprint density at radius 1 is 1.17 bits per heavy atom. The zero-order valence-corrected chi connectivity index (χ0v) is 14.1. The maximum atomic E-state index is 12.5. The molecule has 0 unspecified atom stereocenters. The lowest BCUT2D eigenvalue weighted by molar-refractivity contribution is 0.294. The molecule has 0 saturated carbocycles. The first kappa shape index (κ1) is 15.6. The zero-order chi connectivity index (χ0) is 16.4. The Hall–Kier alpha value is -2.34. The number of methoxy groups -OCH3 is 1. The van der Waals surface area contributed by atoms with Crippen LogP contribution in [0.4, 0.5) is 0 Å². The Balaban J connectivity index is 1.74. The first-order valence-corrected chi connectivity index (χ1v) is 8.14. The van der Waals surface area contributed by atoms with Gasteiger partial charge in [-0.25, -0.2) is 4.98 Å². The summed E-state index contributed by atoms with van der Waals surface area (Å²) in [5.74, 6) is 2.24. The molecule has 0 atom stereocenters. The summed E-state index contributed by atoms with van der Waals surface area (Å²) in [4.78, 5) is 19.0. The fraction of sp³-hybridized carbons (Fsp3) is 0.294. The summed E-state index contributed by atoms with van der Waals surface area (Å²) in [5, 5.41) is 0.683. The van der Waals surface area contributed by atoms with Gasteiger partial charge in [-0.3, -0.25) is 9.36 Å². The van der Waals surface area contributed by atoms with Gasteiger partial charge in [-0.15, -0.1) is 11.3 Å². The van der Waals surface area contributed by atoms with Crippen LogP contribution in [0.2, 0.25) is 0 Å². The molecule has 23 heavy (non-hydrogen) atoms. The number of hydrogen-bond donors (Lipinski definition) is 0. The SMILES string of the molecule is COc1ccc(OCCn2c(C)nc3sc(C)cc3c2=O)cc1. The van der Waals surface area contributed by atoms with Crippen molar-refractivity contribution in [3.8, 4) is 11.5 Å². The second kappa shape index (κ2) is 6.42. The third-order valence-corrected chi connectivity index (χ3v) is 4.55. The van der Waals surface area contributed by atoms with Crippen LogP contribution in [0, 0.1) is 13.8 Å². The first-order valence-electron chi connectivity index (χ1n) is 7.33. The van der Waals surface area contributed by atoms with Crippen molar-refractivity contribution in [2.75, 3.05) is 13.7 Å². The topological polar surface area (TPSA) is 53.4 Å². The average molecular weight is 330 g/mol. The van der Waals surface area contributed by atoms with Crippen LogP contribution in [0.5, 0.6) is 11.5 Å². The Morgan fingerprint density at radius 3 is 2.57 bits per heavy atom. The van der Waals surface area contributed by atoms with Gasteiger partial charge in [0.15, 0.2) is 0 Å². The molecule has 1 aromatic carbocycles. The Morgan fingerprint density at radius 2 is 1.87 bits per heavy atom. The van der Waals surface area contributed by atoms with E-state index in [9.17, 15) is 4.79 Å². The van der Waals surface area contributed by atoms with Gasteiger partial charge in [-0.2, -0.15) is 0 Å². The maximum absolute atomic E-state index is 12.5. The number of aryl methyl sites for hydroxylation is 2. The van der Waals surface area contributed by atoms with E-state index in [0.29, 0.717) is 24.4 Å². The third-order valence-electron chi connectivity index (χ3n) is 3.61.